The Morgan fingerprint density at radius 3 is 2.30 bits per heavy atom. The zero-order valence-corrected chi connectivity index (χ0v) is 14.0. The van der Waals surface area contributed by atoms with Crippen LogP contribution in [0, 0.1) is 5.92 Å². The third-order valence-electron chi connectivity index (χ3n) is 3.70. The standard InChI is InChI=1S/C20H24N2O/c1-15(2)13-17-9-11-19(12-10-17)16(3)20(23)22-21-14-18-7-5-4-6-8-18/h4-12,14-16H,13H2,1-3H3,(H,22,23)/b21-14-/t16-/m0/s1. The van der Waals surface area contributed by atoms with Gasteiger partial charge in [-0.25, -0.2) is 5.43 Å². The van der Waals surface area contributed by atoms with Crippen LogP contribution in [-0.2, 0) is 11.2 Å². The van der Waals surface area contributed by atoms with Crippen LogP contribution < -0.4 is 5.43 Å². The lowest BCUT2D eigenvalue weighted by Crippen LogP contribution is -2.23. The average molecular weight is 308 g/mol. The maximum atomic E-state index is 12.2. The van der Waals surface area contributed by atoms with Gasteiger partial charge in [-0.1, -0.05) is 68.4 Å². The number of rotatable bonds is 6. The van der Waals surface area contributed by atoms with Gasteiger partial charge in [0.05, 0.1) is 12.1 Å². The molecule has 0 radical (unpaired) electrons. The van der Waals surface area contributed by atoms with E-state index in [1.165, 1.54) is 5.56 Å². The highest BCUT2D eigenvalue weighted by Crippen LogP contribution is 2.17. The van der Waals surface area contributed by atoms with Crippen molar-refractivity contribution in [2.24, 2.45) is 11.0 Å². The van der Waals surface area contributed by atoms with Gasteiger partial charge in [0.25, 0.3) is 0 Å². The van der Waals surface area contributed by atoms with E-state index in [-0.39, 0.29) is 11.8 Å². The van der Waals surface area contributed by atoms with Crippen LogP contribution in [0.5, 0.6) is 0 Å². The highest BCUT2D eigenvalue weighted by molar-refractivity contribution is 5.85. The number of hydrazone groups is 1. The largest absolute Gasteiger partial charge is 0.272 e. The van der Waals surface area contributed by atoms with Gasteiger partial charge in [-0.05, 0) is 36.0 Å². The Morgan fingerprint density at radius 2 is 1.70 bits per heavy atom. The van der Waals surface area contributed by atoms with E-state index in [4.69, 9.17) is 0 Å². The van der Waals surface area contributed by atoms with E-state index in [2.05, 4.69) is 36.5 Å². The van der Waals surface area contributed by atoms with Gasteiger partial charge in [0.15, 0.2) is 0 Å². The van der Waals surface area contributed by atoms with E-state index in [9.17, 15) is 4.79 Å². The fourth-order valence-corrected chi connectivity index (χ4v) is 2.37. The van der Waals surface area contributed by atoms with Gasteiger partial charge < -0.3 is 0 Å². The Balaban J connectivity index is 1.92. The summed E-state index contributed by atoms with van der Waals surface area (Å²) in [5.41, 5.74) is 5.87. The molecule has 0 bridgehead atoms. The molecular weight excluding hydrogens is 284 g/mol. The first-order valence-electron chi connectivity index (χ1n) is 8.03. The first-order valence-corrected chi connectivity index (χ1v) is 8.03. The van der Waals surface area contributed by atoms with Gasteiger partial charge in [-0.15, -0.1) is 0 Å². The third kappa shape index (κ3) is 5.37. The summed E-state index contributed by atoms with van der Waals surface area (Å²) >= 11 is 0. The molecule has 0 aromatic heterocycles. The Labute approximate surface area is 138 Å². The Hall–Kier alpha value is -2.42. The minimum absolute atomic E-state index is 0.103. The van der Waals surface area contributed by atoms with Crippen molar-refractivity contribution < 1.29 is 4.79 Å². The van der Waals surface area contributed by atoms with Crippen LogP contribution in [0.25, 0.3) is 0 Å². The topological polar surface area (TPSA) is 41.5 Å². The van der Waals surface area contributed by atoms with Crippen molar-refractivity contribution in [1.82, 2.24) is 5.43 Å². The number of nitrogens with one attached hydrogen (secondary N) is 1. The number of hydrogen-bond acceptors (Lipinski definition) is 2. The fourth-order valence-electron chi connectivity index (χ4n) is 2.37. The Morgan fingerprint density at radius 1 is 1.04 bits per heavy atom. The lowest BCUT2D eigenvalue weighted by atomic mass is 9.96. The van der Waals surface area contributed by atoms with Crippen molar-refractivity contribution in [2.75, 3.05) is 0 Å². The molecule has 23 heavy (non-hydrogen) atoms. The van der Waals surface area contributed by atoms with Crippen molar-refractivity contribution in [2.45, 2.75) is 33.1 Å². The normalized spacial score (nSPS) is 12.5. The van der Waals surface area contributed by atoms with Crippen LogP contribution in [0.1, 0.15) is 43.4 Å². The highest BCUT2D eigenvalue weighted by Gasteiger charge is 2.14. The van der Waals surface area contributed by atoms with Crippen molar-refractivity contribution in [3.05, 3.63) is 71.3 Å². The monoisotopic (exact) mass is 308 g/mol. The van der Waals surface area contributed by atoms with Crippen LogP contribution in [0.3, 0.4) is 0 Å². The van der Waals surface area contributed by atoms with Gasteiger partial charge in [-0.2, -0.15) is 5.10 Å². The number of carbonyl (C=O) groups excluding carboxylic acids is 1. The quantitative estimate of drug-likeness (QED) is 0.632. The summed E-state index contributed by atoms with van der Waals surface area (Å²) in [6.45, 7) is 6.30. The summed E-state index contributed by atoms with van der Waals surface area (Å²) in [7, 11) is 0. The molecule has 1 amide bonds. The lowest BCUT2D eigenvalue weighted by Gasteiger charge is -2.11. The predicted octanol–water partition coefficient (Wildman–Crippen LogP) is 4.14. The van der Waals surface area contributed by atoms with E-state index < -0.39 is 0 Å². The Kier molecular flexibility index (Phi) is 6.10. The van der Waals surface area contributed by atoms with Gasteiger partial charge in [0, 0.05) is 0 Å². The van der Waals surface area contributed by atoms with E-state index >= 15 is 0 Å². The molecule has 0 saturated carbocycles. The summed E-state index contributed by atoms with van der Waals surface area (Å²) in [5.74, 6) is 0.304. The van der Waals surface area contributed by atoms with Crippen LogP contribution in [0.15, 0.2) is 59.7 Å². The molecular formula is C20H24N2O. The molecule has 0 unspecified atom stereocenters. The fraction of sp³-hybridized carbons (Fsp3) is 0.300. The first kappa shape index (κ1) is 16.9. The lowest BCUT2D eigenvalue weighted by molar-refractivity contribution is -0.122. The van der Waals surface area contributed by atoms with Gasteiger partial charge in [-0.3, -0.25) is 4.79 Å². The molecule has 120 valence electrons. The maximum absolute atomic E-state index is 12.2. The summed E-state index contributed by atoms with van der Waals surface area (Å²) < 4.78 is 0. The second-order valence-corrected chi connectivity index (χ2v) is 6.21. The number of hydrogen-bond donors (Lipinski definition) is 1. The smallest absolute Gasteiger partial charge is 0.247 e. The number of amides is 1. The molecule has 0 aliphatic heterocycles. The SMILES string of the molecule is CC(C)Cc1ccc([C@H](C)C(=O)N/N=C\c2ccccc2)cc1. The molecule has 2 rings (SSSR count). The number of benzene rings is 2. The number of carbonyl (C=O) groups is 1. The minimum atomic E-state index is -0.226. The highest BCUT2D eigenvalue weighted by atomic mass is 16.2. The van der Waals surface area contributed by atoms with Crippen molar-refractivity contribution in [3.8, 4) is 0 Å². The van der Waals surface area contributed by atoms with Gasteiger partial charge >= 0.3 is 0 Å². The summed E-state index contributed by atoms with van der Waals surface area (Å²) in [5, 5.41) is 4.02. The first-order chi connectivity index (χ1) is 11.1. The van der Waals surface area contributed by atoms with Crippen LogP contribution >= 0.6 is 0 Å². The second-order valence-electron chi connectivity index (χ2n) is 6.21. The Bertz CT molecular complexity index is 645. The summed E-state index contributed by atoms with van der Waals surface area (Å²) in [6.07, 6.45) is 2.71. The summed E-state index contributed by atoms with van der Waals surface area (Å²) in [4.78, 5) is 12.2. The zero-order valence-electron chi connectivity index (χ0n) is 14.0. The zero-order chi connectivity index (χ0) is 16.7. The van der Waals surface area contributed by atoms with E-state index in [1.54, 1.807) is 6.21 Å². The molecule has 0 aliphatic carbocycles. The second kappa shape index (κ2) is 8.28. The molecule has 0 fully saturated rings. The molecule has 1 atom stereocenters. The maximum Gasteiger partial charge on any atom is 0.247 e. The summed E-state index contributed by atoms with van der Waals surface area (Å²) in [6, 6.07) is 18.0. The molecule has 0 spiro atoms. The van der Waals surface area contributed by atoms with E-state index in [0.29, 0.717) is 5.92 Å². The van der Waals surface area contributed by atoms with Crippen molar-refractivity contribution in [1.29, 1.82) is 0 Å². The molecule has 3 nitrogen and oxygen atoms in total. The van der Waals surface area contributed by atoms with Crippen molar-refractivity contribution >= 4 is 12.1 Å². The van der Waals surface area contributed by atoms with Gasteiger partial charge in [0.2, 0.25) is 5.91 Å². The molecule has 0 heterocycles. The predicted molar refractivity (Wildman–Crippen MR) is 95.6 cm³/mol. The third-order valence-corrected chi connectivity index (χ3v) is 3.70. The van der Waals surface area contributed by atoms with E-state index in [1.807, 2.05) is 49.4 Å². The van der Waals surface area contributed by atoms with Crippen molar-refractivity contribution in [3.63, 3.8) is 0 Å². The van der Waals surface area contributed by atoms with Gasteiger partial charge in [0.1, 0.15) is 0 Å². The molecule has 2 aromatic carbocycles. The van der Waals surface area contributed by atoms with E-state index in [0.717, 1.165) is 17.5 Å². The van der Waals surface area contributed by atoms with Crippen LogP contribution in [0.2, 0.25) is 0 Å². The van der Waals surface area contributed by atoms with Crippen LogP contribution in [-0.4, -0.2) is 12.1 Å². The molecule has 1 N–H and O–H groups in total. The average Bonchev–Trinajstić information content (AvgIpc) is 2.55. The molecule has 0 saturated heterocycles. The van der Waals surface area contributed by atoms with Crippen LogP contribution in [0.4, 0.5) is 0 Å². The minimum Gasteiger partial charge on any atom is -0.272 e. The molecule has 0 aliphatic rings. The molecule has 3 heteroatoms. The number of nitrogens with zero attached hydrogens (tertiary/aromatic N) is 1. The molecule has 2 aromatic rings.